The standard InChI is InChI=1S/C27H21N5O11S3/c1-43-15-4-2-14(3-5-15)29-30-20-10-11-21(19-12-16(44(34,35)36)6-7-17(19)20)31-32-22-9-8-18-23(45(37,38)39)13-24(46(40,41)42)26(28)25(18)27(22)33/h2-13,33H,28H2,1H3,(H,34,35,36)(H,37,38,39)(H,40,41,42). The highest BCUT2D eigenvalue weighted by Gasteiger charge is 2.26. The number of phenolic OH excluding ortho intramolecular Hbond substituents is 1. The maximum Gasteiger partial charge on any atom is 0.296 e. The highest BCUT2D eigenvalue weighted by atomic mass is 32.2. The van der Waals surface area contributed by atoms with Crippen molar-refractivity contribution in [2.75, 3.05) is 12.8 Å². The summed E-state index contributed by atoms with van der Waals surface area (Å²) in [6, 6.07) is 15.8. The Morgan fingerprint density at radius 2 is 1.15 bits per heavy atom. The van der Waals surface area contributed by atoms with Crippen LogP contribution in [0.25, 0.3) is 21.5 Å². The van der Waals surface area contributed by atoms with Crippen molar-refractivity contribution in [1.82, 2.24) is 0 Å². The average molecular weight is 688 g/mol. The van der Waals surface area contributed by atoms with Gasteiger partial charge in [0.1, 0.15) is 21.2 Å². The van der Waals surface area contributed by atoms with Gasteiger partial charge in [-0.1, -0.05) is 12.1 Å². The summed E-state index contributed by atoms with van der Waals surface area (Å²) < 4.78 is 105. The maximum atomic E-state index is 12.0. The van der Waals surface area contributed by atoms with Crippen LogP contribution in [0.2, 0.25) is 0 Å². The van der Waals surface area contributed by atoms with E-state index >= 15 is 0 Å². The first-order valence-electron chi connectivity index (χ1n) is 12.5. The molecule has 0 heterocycles. The minimum atomic E-state index is -5.12. The number of nitrogens with zero attached hydrogens (tertiary/aromatic N) is 4. The Morgan fingerprint density at radius 1 is 0.609 bits per heavy atom. The van der Waals surface area contributed by atoms with Crippen molar-refractivity contribution >= 4 is 80.3 Å². The van der Waals surface area contributed by atoms with Gasteiger partial charge in [-0.25, -0.2) is 0 Å². The second-order valence-electron chi connectivity index (χ2n) is 9.48. The molecule has 0 unspecified atom stereocenters. The fraction of sp³-hybridized carbons (Fsp3) is 0.0370. The number of rotatable bonds is 8. The lowest BCUT2D eigenvalue weighted by atomic mass is 10.1. The quantitative estimate of drug-likeness (QED) is 0.0729. The Labute approximate surface area is 260 Å². The maximum absolute atomic E-state index is 12.0. The molecule has 0 aliphatic carbocycles. The van der Waals surface area contributed by atoms with E-state index in [-0.39, 0.29) is 22.4 Å². The molecule has 5 aromatic rings. The van der Waals surface area contributed by atoms with E-state index in [0.29, 0.717) is 22.9 Å². The third-order valence-electron chi connectivity index (χ3n) is 6.63. The van der Waals surface area contributed by atoms with Gasteiger partial charge < -0.3 is 15.6 Å². The van der Waals surface area contributed by atoms with Crippen LogP contribution in [-0.2, 0) is 30.4 Å². The third-order valence-corrected chi connectivity index (χ3v) is 9.26. The highest BCUT2D eigenvalue weighted by Crippen LogP contribution is 2.44. The van der Waals surface area contributed by atoms with Gasteiger partial charge in [0.25, 0.3) is 30.4 Å². The summed E-state index contributed by atoms with van der Waals surface area (Å²) >= 11 is 0. The molecule has 16 nitrogen and oxygen atoms in total. The number of azo groups is 2. The molecule has 0 amide bonds. The minimum Gasteiger partial charge on any atom is -0.505 e. The van der Waals surface area contributed by atoms with Gasteiger partial charge in [0.05, 0.1) is 40.1 Å². The smallest absolute Gasteiger partial charge is 0.296 e. The normalized spacial score (nSPS) is 12.9. The predicted octanol–water partition coefficient (Wildman–Crippen LogP) is 5.86. The Bertz CT molecular complexity index is 2450. The molecule has 19 heteroatoms. The Kier molecular flexibility index (Phi) is 8.23. The predicted molar refractivity (Wildman–Crippen MR) is 165 cm³/mol. The van der Waals surface area contributed by atoms with Gasteiger partial charge in [-0.15, -0.1) is 15.3 Å². The zero-order valence-electron chi connectivity index (χ0n) is 23.2. The van der Waals surface area contributed by atoms with Crippen LogP contribution in [0.5, 0.6) is 11.5 Å². The summed E-state index contributed by atoms with van der Waals surface area (Å²) in [5.74, 6) is -0.253. The van der Waals surface area contributed by atoms with E-state index < -0.39 is 67.3 Å². The van der Waals surface area contributed by atoms with E-state index in [4.69, 9.17) is 10.5 Å². The summed E-state index contributed by atoms with van der Waals surface area (Å²) in [5.41, 5.74) is 5.54. The lowest BCUT2D eigenvalue weighted by molar-refractivity contribution is 0.415. The zero-order chi connectivity index (χ0) is 33.6. The van der Waals surface area contributed by atoms with Crippen molar-refractivity contribution < 1.29 is 48.8 Å². The first-order valence-corrected chi connectivity index (χ1v) is 16.9. The van der Waals surface area contributed by atoms with Crippen molar-refractivity contribution in [2.24, 2.45) is 20.5 Å². The molecule has 0 aromatic heterocycles. The van der Waals surface area contributed by atoms with Gasteiger partial charge in [0.15, 0.2) is 5.75 Å². The number of phenols is 1. The number of anilines is 1. The molecule has 0 aliphatic rings. The highest BCUT2D eigenvalue weighted by molar-refractivity contribution is 7.87. The molecule has 0 saturated carbocycles. The van der Waals surface area contributed by atoms with Crippen molar-refractivity contribution in [1.29, 1.82) is 0 Å². The topological polar surface area (TPSA) is 268 Å². The van der Waals surface area contributed by atoms with Gasteiger partial charge in [0.2, 0.25) is 0 Å². The molecular weight excluding hydrogens is 667 g/mol. The van der Waals surface area contributed by atoms with E-state index in [1.807, 2.05) is 0 Å². The summed E-state index contributed by atoms with van der Waals surface area (Å²) in [6.07, 6.45) is 0. The SMILES string of the molecule is COc1ccc(N=Nc2ccc(N=Nc3ccc4c(S(=O)(=O)O)cc(S(=O)(=O)O)c(N)c4c3O)c3cc(S(=O)(=O)O)ccc23)cc1. The minimum absolute atomic E-state index is 0.0154. The van der Waals surface area contributed by atoms with Crippen LogP contribution in [0.15, 0.2) is 108 Å². The Hall–Kier alpha value is -5.05. The number of benzene rings is 5. The van der Waals surface area contributed by atoms with E-state index in [2.05, 4.69) is 20.5 Å². The fourth-order valence-electron chi connectivity index (χ4n) is 4.46. The number of hydrogen-bond donors (Lipinski definition) is 5. The Balaban J connectivity index is 1.67. The van der Waals surface area contributed by atoms with Crippen molar-refractivity contribution in [3.05, 3.63) is 72.8 Å². The molecule has 5 rings (SSSR count). The monoisotopic (exact) mass is 687 g/mol. The van der Waals surface area contributed by atoms with E-state index in [9.17, 15) is 44.0 Å². The van der Waals surface area contributed by atoms with Crippen LogP contribution < -0.4 is 10.5 Å². The molecule has 0 bridgehead atoms. The third kappa shape index (κ3) is 6.36. The Morgan fingerprint density at radius 3 is 1.74 bits per heavy atom. The molecule has 46 heavy (non-hydrogen) atoms. The second-order valence-corrected chi connectivity index (χ2v) is 13.7. The fourth-order valence-corrected chi connectivity index (χ4v) is 6.41. The molecule has 0 spiro atoms. The first-order chi connectivity index (χ1) is 21.5. The number of fused-ring (bicyclic) bond motifs is 2. The summed E-state index contributed by atoms with van der Waals surface area (Å²) in [7, 11) is -13.3. The van der Waals surface area contributed by atoms with Crippen molar-refractivity contribution in [3.8, 4) is 11.5 Å². The van der Waals surface area contributed by atoms with Gasteiger partial charge in [-0.3, -0.25) is 13.7 Å². The number of nitrogens with two attached hydrogens (primary N) is 1. The van der Waals surface area contributed by atoms with Crippen LogP contribution in [0.3, 0.4) is 0 Å². The summed E-state index contributed by atoms with van der Waals surface area (Å²) in [5, 5.41) is 26.9. The molecule has 0 saturated heterocycles. The van der Waals surface area contributed by atoms with Gasteiger partial charge in [0, 0.05) is 16.2 Å². The zero-order valence-corrected chi connectivity index (χ0v) is 25.6. The molecule has 6 N–H and O–H groups in total. The van der Waals surface area contributed by atoms with E-state index in [1.165, 1.54) is 25.3 Å². The average Bonchev–Trinajstić information content (AvgIpc) is 2.98. The van der Waals surface area contributed by atoms with Gasteiger partial charge in [-0.2, -0.15) is 30.4 Å². The lowest BCUT2D eigenvalue weighted by Crippen LogP contribution is -2.08. The summed E-state index contributed by atoms with van der Waals surface area (Å²) in [6.45, 7) is 0. The molecule has 238 valence electrons. The van der Waals surface area contributed by atoms with Crippen LogP contribution in [0, 0.1) is 0 Å². The number of hydrogen-bond acceptors (Lipinski definition) is 13. The molecule has 5 aromatic carbocycles. The first kappa shape index (κ1) is 32.3. The van der Waals surface area contributed by atoms with E-state index in [1.54, 1.807) is 24.3 Å². The molecule has 0 atom stereocenters. The molecule has 0 fully saturated rings. The van der Waals surface area contributed by atoms with Crippen LogP contribution >= 0.6 is 0 Å². The van der Waals surface area contributed by atoms with Gasteiger partial charge >= 0.3 is 0 Å². The van der Waals surface area contributed by atoms with Crippen LogP contribution in [0.4, 0.5) is 28.4 Å². The van der Waals surface area contributed by atoms with E-state index in [0.717, 1.165) is 24.3 Å². The molecule has 0 radical (unpaired) electrons. The molecule has 0 aliphatic heterocycles. The molecular formula is C27H21N5O11S3. The van der Waals surface area contributed by atoms with Crippen molar-refractivity contribution in [3.63, 3.8) is 0 Å². The number of nitrogen functional groups attached to an aromatic ring is 1. The van der Waals surface area contributed by atoms with Crippen LogP contribution in [-0.4, -0.2) is 51.1 Å². The number of aromatic hydroxyl groups is 1. The van der Waals surface area contributed by atoms with Crippen LogP contribution in [0.1, 0.15) is 0 Å². The second kappa shape index (κ2) is 11.7. The number of ether oxygens (including phenoxy) is 1. The number of methoxy groups -OCH3 is 1. The van der Waals surface area contributed by atoms with Gasteiger partial charge in [-0.05, 0) is 60.7 Å². The summed E-state index contributed by atoms with van der Waals surface area (Å²) in [4.78, 5) is -2.54. The van der Waals surface area contributed by atoms with Crippen molar-refractivity contribution in [2.45, 2.75) is 14.7 Å². The largest absolute Gasteiger partial charge is 0.505 e. The lowest BCUT2D eigenvalue weighted by Gasteiger charge is -2.13.